The standard InChI is InChI=1S/C16H19N7O3/c24-16(11-23-15(18-20-21-23)10-22-5-1-2-6-22)17-9-12-8-14(26-19-12)13-4-3-7-25-13/h3-4,7-8H,1-2,5-6,9-11H2,(H,17,24). The first kappa shape index (κ1) is 16.5. The molecule has 0 bridgehead atoms. The van der Waals surface area contributed by atoms with Gasteiger partial charge in [-0.25, -0.2) is 4.68 Å². The molecule has 0 radical (unpaired) electrons. The highest BCUT2D eigenvalue weighted by Gasteiger charge is 2.17. The van der Waals surface area contributed by atoms with Gasteiger partial charge >= 0.3 is 0 Å². The second kappa shape index (κ2) is 7.48. The van der Waals surface area contributed by atoms with E-state index in [9.17, 15) is 4.79 Å². The van der Waals surface area contributed by atoms with Crippen molar-refractivity contribution in [3.63, 3.8) is 0 Å². The molecule has 4 rings (SSSR count). The highest BCUT2D eigenvalue weighted by Crippen LogP contribution is 2.20. The van der Waals surface area contributed by atoms with Gasteiger partial charge in [0.25, 0.3) is 0 Å². The second-order valence-electron chi connectivity index (χ2n) is 6.17. The predicted molar refractivity (Wildman–Crippen MR) is 88.4 cm³/mol. The monoisotopic (exact) mass is 357 g/mol. The van der Waals surface area contributed by atoms with Gasteiger partial charge in [-0.2, -0.15) is 0 Å². The molecule has 0 aromatic carbocycles. The highest BCUT2D eigenvalue weighted by molar-refractivity contribution is 5.75. The zero-order valence-corrected chi connectivity index (χ0v) is 14.2. The van der Waals surface area contributed by atoms with E-state index in [2.05, 4.69) is 30.9 Å². The van der Waals surface area contributed by atoms with E-state index in [4.69, 9.17) is 8.94 Å². The largest absolute Gasteiger partial charge is 0.461 e. The number of nitrogens with one attached hydrogen (secondary N) is 1. The van der Waals surface area contributed by atoms with Gasteiger partial charge < -0.3 is 14.3 Å². The molecule has 0 spiro atoms. The molecule has 3 aromatic rings. The summed E-state index contributed by atoms with van der Waals surface area (Å²) in [6.07, 6.45) is 3.95. The lowest BCUT2D eigenvalue weighted by molar-refractivity contribution is -0.122. The van der Waals surface area contributed by atoms with E-state index in [1.165, 1.54) is 17.5 Å². The normalized spacial score (nSPS) is 14.8. The summed E-state index contributed by atoms with van der Waals surface area (Å²) < 4.78 is 12.0. The Bertz CT molecular complexity index is 849. The Morgan fingerprint density at radius 1 is 1.27 bits per heavy atom. The van der Waals surface area contributed by atoms with Crippen molar-refractivity contribution in [1.82, 2.24) is 35.6 Å². The van der Waals surface area contributed by atoms with Gasteiger partial charge in [-0.3, -0.25) is 9.69 Å². The van der Waals surface area contributed by atoms with Crippen molar-refractivity contribution in [3.8, 4) is 11.5 Å². The van der Waals surface area contributed by atoms with Crippen LogP contribution >= 0.6 is 0 Å². The van der Waals surface area contributed by atoms with Crippen LogP contribution < -0.4 is 5.32 Å². The van der Waals surface area contributed by atoms with Gasteiger partial charge in [-0.1, -0.05) is 5.16 Å². The van der Waals surface area contributed by atoms with Gasteiger partial charge in [-0.05, 0) is 48.5 Å². The molecular formula is C16H19N7O3. The Balaban J connectivity index is 1.30. The molecule has 1 N–H and O–H groups in total. The van der Waals surface area contributed by atoms with Gasteiger partial charge in [0.2, 0.25) is 11.7 Å². The molecule has 1 amide bonds. The van der Waals surface area contributed by atoms with Crippen molar-refractivity contribution >= 4 is 5.91 Å². The van der Waals surface area contributed by atoms with Crippen molar-refractivity contribution in [2.24, 2.45) is 0 Å². The summed E-state index contributed by atoms with van der Waals surface area (Å²) in [6.45, 7) is 3.08. The minimum atomic E-state index is -0.192. The van der Waals surface area contributed by atoms with E-state index >= 15 is 0 Å². The van der Waals surface area contributed by atoms with Crippen molar-refractivity contribution in [3.05, 3.63) is 36.0 Å². The number of carbonyl (C=O) groups excluding carboxylic acids is 1. The minimum Gasteiger partial charge on any atom is -0.461 e. The van der Waals surface area contributed by atoms with Gasteiger partial charge in [0.15, 0.2) is 11.6 Å². The van der Waals surface area contributed by atoms with Crippen LogP contribution in [-0.2, 0) is 24.4 Å². The summed E-state index contributed by atoms with van der Waals surface area (Å²) in [5.74, 6) is 1.62. The number of hydrogen-bond acceptors (Lipinski definition) is 8. The molecule has 0 unspecified atom stereocenters. The first-order valence-electron chi connectivity index (χ1n) is 8.51. The van der Waals surface area contributed by atoms with Crippen LogP contribution in [0.3, 0.4) is 0 Å². The Labute approximate surface area is 149 Å². The van der Waals surface area contributed by atoms with Crippen LogP contribution in [0.1, 0.15) is 24.4 Å². The lowest BCUT2D eigenvalue weighted by Crippen LogP contribution is -2.29. The van der Waals surface area contributed by atoms with E-state index < -0.39 is 0 Å². The van der Waals surface area contributed by atoms with Crippen LogP contribution in [0.4, 0.5) is 0 Å². The van der Waals surface area contributed by atoms with Crippen LogP contribution in [0, 0.1) is 0 Å². The van der Waals surface area contributed by atoms with Crippen LogP contribution in [0.25, 0.3) is 11.5 Å². The van der Waals surface area contributed by atoms with Gasteiger partial charge in [0.05, 0.1) is 19.4 Å². The Hall–Kier alpha value is -3.01. The zero-order chi connectivity index (χ0) is 17.8. The average Bonchev–Trinajstić information content (AvgIpc) is 3.42. The third-order valence-corrected chi connectivity index (χ3v) is 4.25. The fourth-order valence-corrected chi connectivity index (χ4v) is 2.91. The fraction of sp³-hybridized carbons (Fsp3) is 0.438. The summed E-state index contributed by atoms with van der Waals surface area (Å²) >= 11 is 0. The third-order valence-electron chi connectivity index (χ3n) is 4.25. The fourth-order valence-electron chi connectivity index (χ4n) is 2.91. The van der Waals surface area contributed by atoms with Gasteiger partial charge in [0.1, 0.15) is 12.2 Å². The quantitative estimate of drug-likeness (QED) is 0.661. The van der Waals surface area contributed by atoms with Crippen LogP contribution in [0.5, 0.6) is 0 Å². The molecule has 0 aliphatic carbocycles. The van der Waals surface area contributed by atoms with Crippen molar-refractivity contribution in [1.29, 1.82) is 0 Å². The number of nitrogens with zero attached hydrogens (tertiary/aromatic N) is 6. The smallest absolute Gasteiger partial charge is 0.242 e. The lowest BCUT2D eigenvalue weighted by Gasteiger charge is -2.13. The molecule has 10 heteroatoms. The molecule has 4 heterocycles. The number of amides is 1. The second-order valence-corrected chi connectivity index (χ2v) is 6.17. The topological polar surface area (TPSA) is 115 Å². The van der Waals surface area contributed by atoms with Crippen LogP contribution in [0.15, 0.2) is 33.4 Å². The summed E-state index contributed by atoms with van der Waals surface area (Å²) in [4.78, 5) is 14.5. The van der Waals surface area contributed by atoms with Gasteiger partial charge in [0, 0.05) is 6.07 Å². The molecule has 1 aliphatic rings. The number of aromatic nitrogens is 5. The van der Waals surface area contributed by atoms with Crippen molar-refractivity contribution in [2.45, 2.75) is 32.5 Å². The Morgan fingerprint density at radius 2 is 2.15 bits per heavy atom. The number of carbonyl (C=O) groups is 1. The molecule has 0 atom stereocenters. The highest BCUT2D eigenvalue weighted by atomic mass is 16.5. The zero-order valence-electron chi connectivity index (χ0n) is 14.2. The van der Waals surface area contributed by atoms with E-state index in [-0.39, 0.29) is 19.0 Å². The van der Waals surface area contributed by atoms with Crippen molar-refractivity contribution in [2.75, 3.05) is 13.1 Å². The maximum Gasteiger partial charge on any atom is 0.242 e. The van der Waals surface area contributed by atoms with Crippen LogP contribution in [0.2, 0.25) is 0 Å². The molecule has 1 fully saturated rings. The van der Waals surface area contributed by atoms with E-state index in [1.54, 1.807) is 24.5 Å². The minimum absolute atomic E-state index is 0.0685. The molecule has 3 aromatic heterocycles. The number of furan rings is 1. The lowest BCUT2D eigenvalue weighted by atomic mass is 10.3. The molecule has 136 valence electrons. The SMILES string of the molecule is O=C(Cn1nnnc1CN1CCCC1)NCc1cc(-c2ccco2)on1. The van der Waals surface area contributed by atoms with E-state index in [0.29, 0.717) is 29.6 Å². The molecule has 10 nitrogen and oxygen atoms in total. The average molecular weight is 357 g/mol. The summed E-state index contributed by atoms with van der Waals surface area (Å²) in [5.41, 5.74) is 0.610. The Morgan fingerprint density at radius 3 is 2.96 bits per heavy atom. The molecular weight excluding hydrogens is 338 g/mol. The number of likely N-dealkylation sites (tertiary alicyclic amines) is 1. The molecule has 1 aliphatic heterocycles. The first-order chi connectivity index (χ1) is 12.8. The van der Waals surface area contributed by atoms with Crippen LogP contribution in [-0.4, -0.2) is 49.3 Å². The summed E-state index contributed by atoms with van der Waals surface area (Å²) in [7, 11) is 0. The summed E-state index contributed by atoms with van der Waals surface area (Å²) in [5, 5.41) is 18.3. The van der Waals surface area contributed by atoms with Crippen molar-refractivity contribution < 1.29 is 13.7 Å². The number of hydrogen-bond donors (Lipinski definition) is 1. The summed E-state index contributed by atoms with van der Waals surface area (Å²) in [6, 6.07) is 5.28. The molecule has 0 saturated carbocycles. The molecule has 26 heavy (non-hydrogen) atoms. The molecule has 1 saturated heterocycles. The van der Waals surface area contributed by atoms with E-state index in [1.807, 2.05) is 0 Å². The third kappa shape index (κ3) is 3.80. The van der Waals surface area contributed by atoms with Gasteiger partial charge in [-0.15, -0.1) is 5.10 Å². The predicted octanol–water partition coefficient (Wildman–Crippen LogP) is 0.833. The number of rotatable bonds is 7. The maximum absolute atomic E-state index is 12.2. The Kier molecular flexibility index (Phi) is 4.73. The first-order valence-corrected chi connectivity index (χ1v) is 8.51. The maximum atomic E-state index is 12.2. The van der Waals surface area contributed by atoms with E-state index in [0.717, 1.165) is 13.1 Å². The number of tetrazole rings is 1.